The number of amides is 1. The Balaban J connectivity index is 2.02. The fourth-order valence-electron chi connectivity index (χ4n) is 2.98. The highest BCUT2D eigenvalue weighted by atomic mass is 32.2. The van der Waals surface area contributed by atoms with Gasteiger partial charge in [0.15, 0.2) is 5.16 Å². The van der Waals surface area contributed by atoms with Gasteiger partial charge in [0.25, 0.3) is 0 Å². The molecule has 1 aromatic carbocycles. The molecule has 5 nitrogen and oxygen atoms in total. The number of nitrogens with one attached hydrogen (secondary N) is 1. The minimum Gasteiger partial charge on any atom is -0.496 e. The van der Waals surface area contributed by atoms with Gasteiger partial charge in [0.1, 0.15) is 5.75 Å². The molecule has 0 bridgehead atoms. The molecule has 0 saturated carbocycles. The zero-order chi connectivity index (χ0) is 19.3. The molecule has 0 aliphatic carbocycles. The highest BCUT2D eigenvalue weighted by molar-refractivity contribution is 7.98. The van der Waals surface area contributed by atoms with E-state index in [1.807, 2.05) is 52.1 Å². The quantitative estimate of drug-likeness (QED) is 0.588. The van der Waals surface area contributed by atoms with E-state index >= 15 is 0 Å². The first kappa shape index (κ1) is 20.2. The number of carbonyl (C=O) groups is 1. The van der Waals surface area contributed by atoms with Crippen LogP contribution < -0.4 is 10.1 Å². The molecule has 1 aromatic heterocycles. The molecular weight excluding hydrogens is 346 g/mol. The van der Waals surface area contributed by atoms with E-state index in [2.05, 4.69) is 15.3 Å². The van der Waals surface area contributed by atoms with E-state index in [1.165, 1.54) is 11.8 Å². The van der Waals surface area contributed by atoms with Crippen LogP contribution in [0.4, 0.5) is 0 Å². The number of ether oxygens (including phenoxy) is 1. The van der Waals surface area contributed by atoms with Crippen LogP contribution in [0.3, 0.4) is 0 Å². The zero-order valence-corrected chi connectivity index (χ0v) is 17.2. The number of carbonyl (C=O) groups excluding carboxylic acids is 1. The third-order valence-corrected chi connectivity index (χ3v) is 4.96. The molecule has 1 atom stereocenters. The van der Waals surface area contributed by atoms with Crippen molar-refractivity contribution in [3.05, 3.63) is 46.3 Å². The van der Waals surface area contributed by atoms with Crippen molar-refractivity contribution in [3.8, 4) is 5.75 Å². The molecule has 1 amide bonds. The number of rotatable bonds is 7. The van der Waals surface area contributed by atoms with Crippen LogP contribution in [-0.4, -0.2) is 29.2 Å². The molecule has 0 saturated heterocycles. The number of aryl methyl sites for hydroxylation is 3. The maximum Gasteiger partial charge on any atom is 0.220 e. The summed E-state index contributed by atoms with van der Waals surface area (Å²) in [5, 5.41) is 3.84. The Morgan fingerprint density at radius 3 is 2.46 bits per heavy atom. The van der Waals surface area contributed by atoms with Gasteiger partial charge < -0.3 is 10.1 Å². The van der Waals surface area contributed by atoms with Gasteiger partial charge in [0.2, 0.25) is 5.91 Å². The molecule has 0 spiro atoms. The summed E-state index contributed by atoms with van der Waals surface area (Å²) in [6, 6.07) is 5.87. The molecule has 0 fully saturated rings. The van der Waals surface area contributed by atoms with Crippen LogP contribution in [0, 0.1) is 20.8 Å². The first-order valence-electron chi connectivity index (χ1n) is 8.67. The summed E-state index contributed by atoms with van der Waals surface area (Å²) < 4.78 is 5.42. The molecule has 26 heavy (non-hydrogen) atoms. The van der Waals surface area contributed by atoms with Crippen LogP contribution in [0.1, 0.15) is 47.5 Å². The predicted molar refractivity (Wildman–Crippen MR) is 106 cm³/mol. The smallest absolute Gasteiger partial charge is 0.220 e. The molecule has 0 aliphatic rings. The average Bonchev–Trinajstić information content (AvgIpc) is 2.60. The number of hydrogen-bond acceptors (Lipinski definition) is 5. The Morgan fingerprint density at radius 2 is 1.88 bits per heavy atom. The van der Waals surface area contributed by atoms with Gasteiger partial charge in [-0.05, 0) is 52.0 Å². The Hall–Kier alpha value is -2.08. The van der Waals surface area contributed by atoms with Gasteiger partial charge in [0.05, 0.1) is 13.2 Å². The molecule has 2 rings (SSSR count). The molecule has 140 valence electrons. The summed E-state index contributed by atoms with van der Waals surface area (Å²) in [6.45, 7) is 7.95. The molecule has 1 heterocycles. The van der Waals surface area contributed by atoms with Crippen LogP contribution in [0.2, 0.25) is 0 Å². The SMILES string of the molecule is COc1ccc(C)cc1[C@H](C)NC(=O)CCc1c(C)nc(SC)nc1C. The van der Waals surface area contributed by atoms with Gasteiger partial charge in [-0.3, -0.25) is 4.79 Å². The monoisotopic (exact) mass is 373 g/mol. The number of benzene rings is 1. The fraction of sp³-hybridized carbons (Fsp3) is 0.450. The van der Waals surface area contributed by atoms with E-state index < -0.39 is 0 Å². The molecule has 0 unspecified atom stereocenters. The minimum absolute atomic E-state index is 0.00815. The third kappa shape index (κ3) is 4.97. The van der Waals surface area contributed by atoms with Gasteiger partial charge in [-0.2, -0.15) is 0 Å². The molecule has 0 radical (unpaired) electrons. The Labute approximate surface area is 160 Å². The predicted octanol–water partition coefficient (Wildman–Crippen LogP) is 3.94. The summed E-state index contributed by atoms with van der Waals surface area (Å²) in [6.07, 6.45) is 3.00. The molecule has 6 heteroatoms. The van der Waals surface area contributed by atoms with Crippen molar-refractivity contribution < 1.29 is 9.53 Å². The molecular formula is C20H27N3O2S. The van der Waals surface area contributed by atoms with Crippen molar-refractivity contribution in [1.29, 1.82) is 0 Å². The van der Waals surface area contributed by atoms with Crippen LogP contribution in [0.15, 0.2) is 23.4 Å². The Bertz CT molecular complexity index is 770. The third-order valence-electron chi connectivity index (χ3n) is 4.41. The van der Waals surface area contributed by atoms with Crippen molar-refractivity contribution in [1.82, 2.24) is 15.3 Å². The maximum atomic E-state index is 12.4. The van der Waals surface area contributed by atoms with Gasteiger partial charge in [-0.15, -0.1) is 0 Å². The highest BCUT2D eigenvalue weighted by Crippen LogP contribution is 2.26. The number of nitrogens with zero attached hydrogens (tertiary/aromatic N) is 2. The number of methoxy groups -OCH3 is 1. The van der Waals surface area contributed by atoms with Crippen molar-refractivity contribution in [2.24, 2.45) is 0 Å². The normalized spacial score (nSPS) is 11.9. The van der Waals surface area contributed by atoms with Gasteiger partial charge in [0, 0.05) is 23.4 Å². The fourth-order valence-corrected chi connectivity index (χ4v) is 3.44. The van der Waals surface area contributed by atoms with Crippen molar-refractivity contribution in [2.45, 2.75) is 51.7 Å². The van der Waals surface area contributed by atoms with E-state index in [0.717, 1.165) is 39.0 Å². The first-order valence-corrected chi connectivity index (χ1v) is 9.90. The minimum atomic E-state index is -0.116. The highest BCUT2D eigenvalue weighted by Gasteiger charge is 2.16. The van der Waals surface area contributed by atoms with E-state index in [9.17, 15) is 4.79 Å². The van der Waals surface area contributed by atoms with Crippen molar-refractivity contribution in [2.75, 3.05) is 13.4 Å². The van der Waals surface area contributed by atoms with E-state index in [4.69, 9.17) is 4.74 Å². The summed E-state index contributed by atoms with van der Waals surface area (Å²) in [5.74, 6) is 0.796. The maximum absolute atomic E-state index is 12.4. The lowest BCUT2D eigenvalue weighted by Crippen LogP contribution is -2.27. The topological polar surface area (TPSA) is 64.1 Å². The van der Waals surface area contributed by atoms with Crippen LogP contribution >= 0.6 is 11.8 Å². The molecule has 2 aromatic rings. The zero-order valence-electron chi connectivity index (χ0n) is 16.3. The Morgan fingerprint density at radius 1 is 1.23 bits per heavy atom. The number of thioether (sulfide) groups is 1. The van der Waals surface area contributed by atoms with Crippen LogP contribution in [0.5, 0.6) is 5.75 Å². The Kier molecular flexibility index (Phi) is 7.03. The lowest BCUT2D eigenvalue weighted by Gasteiger charge is -2.18. The average molecular weight is 374 g/mol. The van der Waals surface area contributed by atoms with Crippen molar-refractivity contribution >= 4 is 17.7 Å². The standard InChI is InChI=1S/C20H27N3O2S/c1-12-7-9-18(25-5)17(11-12)15(4)21-19(24)10-8-16-13(2)22-20(26-6)23-14(16)3/h7,9,11,15H,8,10H2,1-6H3,(H,21,24)/t15-/m0/s1. The summed E-state index contributed by atoms with van der Waals surface area (Å²) in [7, 11) is 1.65. The lowest BCUT2D eigenvalue weighted by atomic mass is 10.0. The second-order valence-corrected chi connectivity index (χ2v) is 7.17. The van der Waals surface area contributed by atoms with Gasteiger partial charge in [-0.25, -0.2) is 9.97 Å². The second kappa shape index (κ2) is 9.03. The van der Waals surface area contributed by atoms with E-state index in [1.54, 1.807) is 7.11 Å². The van der Waals surface area contributed by atoms with E-state index in [-0.39, 0.29) is 11.9 Å². The van der Waals surface area contributed by atoms with E-state index in [0.29, 0.717) is 12.8 Å². The van der Waals surface area contributed by atoms with Crippen LogP contribution in [0.25, 0.3) is 0 Å². The molecule has 1 N–H and O–H groups in total. The number of hydrogen-bond donors (Lipinski definition) is 1. The summed E-state index contributed by atoms with van der Waals surface area (Å²) in [4.78, 5) is 21.4. The van der Waals surface area contributed by atoms with Crippen molar-refractivity contribution in [3.63, 3.8) is 0 Å². The van der Waals surface area contributed by atoms with Crippen LogP contribution in [-0.2, 0) is 11.2 Å². The summed E-state index contributed by atoms with van der Waals surface area (Å²) >= 11 is 1.53. The second-order valence-electron chi connectivity index (χ2n) is 6.39. The molecule has 0 aliphatic heterocycles. The first-order chi connectivity index (χ1) is 12.3. The lowest BCUT2D eigenvalue weighted by molar-refractivity contribution is -0.121. The van der Waals surface area contributed by atoms with Gasteiger partial charge in [-0.1, -0.05) is 29.5 Å². The van der Waals surface area contributed by atoms with Gasteiger partial charge >= 0.3 is 0 Å². The largest absolute Gasteiger partial charge is 0.496 e. The number of aromatic nitrogens is 2. The summed E-state index contributed by atoms with van der Waals surface area (Å²) in [5.41, 5.74) is 5.07.